The number of esters is 1. The fourth-order valence-electron chi connectivity index (χ4n) is 7.47. The number of benzene rings is 1. The largest absolute Gasteiger partial charge is 0.458 e. The van der Waals surface area contributed by atoms with Gasteiger partial charge in [0.1, 0.15) is 6.10 Å². The zero-order chi connectivity index (χ0) is 31.5. The van der Waals surface area contributed by atoms with Crippen LogP contribution in [0.15, 0.2) is 65.8 Å². The Morgan fingerprint density at radius 2 is 1.67 bits per heavy atom. The molecule has 0 saturated heterocycles. The van der Waals surface area contributed by atoms with Crippen LogP contribution in [0.4, 0.5) is 11.4 Å². The van der Waals surface area contributed by atoms with Crippen molar-refractivity contribution in [2.75, 3.05) is 0 Å². The number of carbonyl (C=O) groups excluding carboxylic acids is 1. The first-order valence-corrected chi connectivity index (χ1v) is 15.7. The van der Waals surface area contributed by atoms with Crippen LogP contribution in [-0.2, 0) is 4.74 Å². The number of nitro benzene ring substituents is 2. The lowest BCUT2D eigenvalue weighted by molar-refractivity contribution is -0.394. The van der Waals surface area contributed by atoms with Crippen LogP contribution in [0.2, 0.25) is 0 Å². The van der Waals surface area contributed by atoms with E-state index in [1.807, 2.05) is 0 Å². The lowest BCUT2D eigenvalue weighted by Crippen LogP contribution is -2.35. The molecule has 0 aliphatic heterocycles. The first kappa shape index (κ1) is 32.4. The van der Waals surface area contributed by atoms with Gasteiger partial charge in [0, 0.05) is 18.6 Å². The van der Waals surface area contributed by atoms with Crippen molar-refractivity contribution in [1.29, 1.82) is 0 Å². The Bertz CT molecular complexity index is 1330. The lowest BCUT2D eigenvalue weighted by atomic mass is 9.61. The first-order chi connectivity index (χ1) is 20.3. The van der Waals surface area contributed by atoms with Crippen LogP contribution in [0.1, 0.15) is 96.3 Å². The maximum atomic E-state index is 12.9. The van der Waals surface area contributed by atoms with Crippen LogP contribution < -0.4 is 0 Å². The van der Waals surface area contributed by atoms with E-state index in [0.717, 1.165) is 35.8 Å². The number of fused-ring (bicyclic) bond motifs is 1. The maximum absolute atomic E-state index is 12.9. The van der Waals surface area contributed by atoms with Crippen molar-refractivity contribution in [3.63, 3.8) is 0 Å². The van der Waals surface area contributed by atoms with E-state index in [4.69, 9.17) is 4.74 Å². The highest BCUT2D eigenvalue weighted by Gasteiger charge is 2.50. The highest BCUT2D eigenvalue weighted by Crippen LogP contribution is 2.59. The molecule has 8 heteroatoms. The molecule has 0 spiro atoms. The average Bonchev–Trinajstić information content (AvgIpc) is 3.33. The Hall–Kier alpha value is -3.55. The number of rotatable bonds is 9. The quantitative estimate of drug-likeness (QED) is 0.123. The Kier molecular flexibility index (Phi) is 10.1. The molecule has 3 aliphatic rings. The molecule has 1 aromatic rings. The summed E-state index contributed by atoms with van der Waals surface area (Å²) in [5.41, 5.74) is 2.63. The number of hydrogen-bond acceptors (Lipinski definition) is 6. The molecule has 232 valence electrons. The van der Waals surface area contributed by atoms with Crippen LogP contribution in [0.5, 0.6) is 0 Å². The molecular formula is C35H46N2O6. The van der Waals surface area contributed by atoms with Crippen LogP contribution in [0.3, 0.4) is 0 Å². The molecule has 0 heterocycles. The monoisotopic (exact) mass is 590 g/mol. The smallest absolute Gasteiger partial charge is 0.338 e. The molecule has 4 rings (SSSR count). The summed E-state index contributed by atoms with van der Waals surface area (Å²) < 4.78 is 5.70. The predicted molar refractivity (Wildman–Crippen MR) is 169 cm³/mol. The first-order valence-electron chi connectivity index (χ1n) is 15.7. The highest BCUT2D eigenvalue weighted by atomic mass is 16.6. The molecule has 3 saturated carbocycles. The lowest BCUT2D eigenvalue weighted by Gasteiger charge is -2.44. The number of nitro groups is 2. The number of carbonyl (C=O) groups is 1. The molecule has 6 atom stereocenters. The van der Waals surface area contributed by atoms with Gasteiger partial charge in [-0.2, -0.15) is 0 Å². The van der Waals surface area contributed by atoms with E-state index in [1.54, 1.807) is 0 Å². The van der Waals surface area contributed by atoms with Crippen molar-refractivity contribution < 1.29 is 19.4 Å². The zero-order valence-electron chi connectivity index (χ0n) is 26.2. The number of ether oxygens (including phenoxy) is 1. The Labute approximate surface area is 255 Å². The van der Waals surface area contributed by atoms with E-state index in [9.17, 15) is 25.0 Å². The fourth-order valence-corrected chi connectivity index (χ4v) is 7.47. The fraction of sp³-hybridized carbons (Fsp3) is 0.571. The van der Waals surface area contributed by atoms with E-state index in [2.05, 4.69) is 65.5 Å². The molecule has 43 heavy (non-hydrogen) atoms. The van der Waals surface area contributed by atoms with Crippen molar-refractivity contribution in [3.8, 4) is 0 Å². The average molecular weight is 591 g/mol. The van der Waals surface area contributed by atoms with Crippen LogP contribution in [0.25, 0.3) is 0 Å². The van der Waals surface area contributed by atoms with E-state index in [0.29, 0.717) is 48.9 Å². The predicted octanol–water partition coefficient (Wildman–Crippen LogP) is 9.32. The third kappa shape index (κ3) is 7.34. The van der Waals surface area contributed by atoms with Crippen LogP contribution in [-0.4, -0.2) is 21.9 Å². The van der Waals surface area contributed by atoms with E-state index >= 15 is 0 Å². The minimum Gasteiger partial charge on any atom is -0.458 e. The van der Waals surface area contributed by atoms with E-state index in [-0.39, 0.29) is 11.0 Å². The summed E-state index contributed by atoms with van der Waals surface area (Å²) in [4.78, 5) is 33.9. The van der Waals surface area contributed by atoms with Gasteiger partial charge in [0.25, 0.3) is 11.4 Å². The molecule has 3 aliphatic carbocycles. The Morgan fingerprint density at radius 1 is 1.00 bits per heavy atom. The van der Waals surface area contributed by atoms with Crippen molar-refractivity contribution in [1.82, 2.24) is 0 Å². The van der Waals surface area contributed by atoms with Gasteiger partial charge in [-0.05, 0) is 85.5 Å². The summed E-state index contributed by atoms with van der Waals surface area (Å²) in [5, 5.41) is 22.5. The maximum Gasteiger partial charge on any atom is 0.338 e. The van der Waals surface area contributed by atoms with Gasteiger partial charge >= 0.3 is 5.97 Å². The summed E-state index contributed by atoms with van der Waals surface area (Å²) >= 11 is 0. The Morgan fingerprint density at radius 3 is 2.30 bits per heavy atom. The Balaban J connectivity index is 1.47. The molecule has 0 amide bonds. The van der Waals surface area contributed by atoms with Crippen molar-refractivity contribution in [3.05, 3.63) is 91.6 Å². The topological polar surface area (TPSA) is 113 Å². The molecule has 0 bridgehead atoms. The summed E-state index contributed by atoms with van der Waals surface area (Å²) in [6.45, 7) is 16.0. The van der Waals surface area contributed by atoms with Crippen molar-refractivity contribution >= 4 is 17.3 Å². The van der Waals surface area contributed by atoms with Crippen LogP contribution >= 0.6 is 0 Å². The van der Waals surface area contributed by atoms with Crippen molar-refractivity contribution in [2.24, 2.45) is 35.0 Å². The summed E-state index contributed by atoms with van der Waals surface area (Å²) in [6, 6.07) is 2.88. The molecule has 8 nitrogen and oxygen atoms in total. The minimum absolute atomic E-state index is 0.196. The van der Waals surface area contributed by atoms with Gasteiger partial charge < -0.3 is 4.74 Å². The molecule has 0 aromatic heterocycles. The summed E-state index contributed by atoms with van der Waals surface area (Å²) in [6.07, 6.45) is 16.6. The van der Waals surface area contributed by atoms with E-state index in [1.165, 1.54) is 31.3 Å². The third-order valence-electron chi connectivity index (χ3n) is 10.4. The van der Waals surface area contributed by atoms with Gasteiger partial charge in [-0.15, -0.1) is 0 Å². The molecular weight excluding hydrogens is 544 g/mol. The third-order valence-corrected chi connectivity index (χ3v) is 10.4. The molecule has 0 N–H and O–H groups in total. The minimum atomic E-state index is -0.798. The SMILES string of the molecule is C=C1CC[C@H](OC(=O)c2cc([N+](=O)[O-])cc([N+](=O)[O-])c2)C/C1=C\C=C1CCC[C@]2(C)[C@@H]([C@H](C)/C=C/[C@H](C)C(C)C)CC[C@@H]12. The highest BCUT2D eigenvalue weighted by molar-refractivity contribution is 5.91. The zero-order valence-corrected chi connectivity index (χ0v) is 26.2. The summed E-state index contributed by atoms with van der Waals surface area (Å²) in [7, 11) is 0. The second kappa shape index (κ2) is 13.4. The van der Waals surface area contributed by atoms with E-state index < -0.39 is 33.3 Å². The second-order valence-corrected chi connectivity index (χ2v) is 13.5. The second-order valence-electron chi connectivity index (χ2n) is 13.5. The van der Waals surface area contributed by atoms with Gasteiger partial charge in [-0.25, -0.2) is 4.79 Å². The number of allylic oxidation sites excluding steroid dienone is 6. The molecule has 3 fully saturated rings. The van der Waals surface area contributed by atoms with Crippen LogP contribution in [0, 0.1) is 55.2 Å². The van der Waals surface area contributed by atoms with Gasteiger partial charge in [-0.1, -0.05) is 76.6 Å². The molecule has 1 aromatic carbocycles. The van der Waals surface area contributed by atoms with Gasteiger partial charge in [0.2, 0.25) is 0 Å². The van der Waals surface area contributed by atoms with Gasteiger partial charge in [0.05, 0.1) is 21.5 Å². The summed E-state index contributed by atoms with van der Waals surface area (Å²) in [5.74, 6) is 2.21. The normalized spacial score (nSPS) is 29.2. The molecule has 0 unspecified atom stereocenters. The standard InChI is InChI=1S/C35H46N2O6/c1-22(2)23(3)9-10-25(5)32-15-16-33-26(8-7-17-35(32,33)6)12-13-27-20-31(14-11-24(27)4)43-34(38)28-18-29(36(39)40)21-30(19-28)37(41)42/h9-10,12-13,18-19,21-23,25,31-33H,4,7-8,11,14-17,20H2,1-3,5-6H3/b10-9+,26-12?,27-13+/t23-,25+,31-,32+,33-,35+/m0/s1. The number of nitrogens with zero attached hydrogens (tertiary/aromatic N) is 2. The number of hydrogen-bond donors (Lipinski definition) is 0. The number of non-ortho nitro benzene ring substituents is 2. The molecule has 0 radical (unpaired) electrons. The van der Waals surface area contributed by atoms with Gasteiger partial charge in [0.15, 0.2) is 0 Å². The van der Waals surface area contributed by atoms with Crippen molar-refractivity contribution in [2.45, 2.75) is 92.1 Å². The van der Waals surface area contributed by atoms with Gasteiger partial charge in [-0.3, -0.25) is 20.2 Å².